The molecule has 24 heavy (non-hydrogen) atoms. The van der Waals surface area contributed by atoms with Crippen LogP contribution < -0.4 is 5.32 Å². The van der Waals surface area contributed by atoms with Crippen LogP contribution in [-0.4, -0.2) is 11.1 Å². The Morgan fingerprint density at radius 2 is 2.04 bits per heavy atom. The number of nitriles is 1. The summed E-state index contributed by atoms with van der Waals surface area (Å²) in [7, 11) is 0. The smallest absolute Gasteiger partial charge is 0.278 e. The molecule has 0 fully saturated rings. The summed E-state index contributed by atoms with van der Waals surface area (Å²) in [5.74, 6) is 1.07. The van der Waals surface area contributed by atoms with Gasteiger partial charge < -0.3 is 9.84 Å². The summed E-state index contributed by atoms with van der Waals surface area (Å²) >= 11 is 0. The molecule has 1 aromatic heterocycles. The van der Waals surface area contributed by atoms with E-state index in [1.54, 1.807) is 24.3 Å². The zero-order valence-electron chi connectivity index (χ0n) is 14.2. The number of benzene rings is 1. The van der Waals surface area contributed by atoms with Gasteiger partial charge in [-0.1, -0.05) is 25.9 Å². The van der Waals surface area contributed by atoms with Crippen LogP contribution in [0.5, 0.6) is 0 Å². The summed E-state index contributed by atoms with van der Waals surface area (Å²) in [5.41, 5.74) is 2.70. The number of rotatable bonds is 2. The Morgan fingerprint density at radius 1 is 1.33 bits per heavy atom. The molecule has 0 spiro atoms. The van der Waals surface area contributed by atoms with Gasteiger partial charge in [-0.2, -0.15) is 5.26 Å². The van der Waals surface area contributed by atoms with Crippen LogP contribution in [0.4, 0.5) is 5.69 Å². The van der Waals surface area contributed by atoms with Crippen LogP contribution in [0.1, 0.15) is 54.6 Å². The Morgan fingerprint density at radius 3 is 2.67 bits per heavy atom. The van der Waals surface area contributed by atoms with Crippen molar-refractivity contribution in [3.63, 3.8) is 0 Å². The fourth-order valence-corrected chi connectivity index (χ4v) is 3.14. The molecule has 1 aromatic carbocycles. The number of nitrogens with zero attached hydrogens (tertiary/aromatic N) is 2. The largest absolute Gasteiger partial charge is 0.360 e. The molecule has 124 valence electrons. The van der Waals surface area contributed by atoms with Crippen LogP contribution in [0.2, 0.25) is 0 Å². The number of fused-ring (bicyclic) bond motifs is 1. The fraction of sp³-hybridized carbons (Fsp3) is 0.421. The number of nitrogens with one attached hydrogen (secondary N) is 1. The molecule has 0 unspecified atom stereocenters. The topological polar surface area (TPSA) is 78.9 Å². The molecule has 2 aromatic rings. The van der Waals surface area contributed by atoms with E-state index in [1.807, 2.05) is 0 Å². The van der Waals surface area contributed by atoms with E-state index in [0.717, 1.165) is 30.6 Å². The standard InChI is InChI=1S/C19H21N3O2/c1-19(2,3)13-6-9-16-15(10-13)17(22-24-16)18(23)21-14-7-4-12(11-20)5-8-14/h4-5,7-8,13H,6,9-10H2,1-3H3,(H,21,23)/t13-/m0/s1. The van der Waals surface area contributed by atoms with E-state index in [4.69, 9.17) is 9.78 Å². The molecule has 1 atom stereocenters. The van der Waals surface area contributed by atoms with Crippen molar-refractivity contribution < 1.29 is 9.32 Å². The van der Waals surface area contributed by atoms with Gasteiger partial charge in [0.25, 0.3) is 5.91 Å². The molecule has 5 heteroatoms. The molecule has 0 aliphatic heterocycles. The SMILES string of the molecule is CC(C)(C)[C@H]1CCc2onc(C(=O)Nc3ccc(C#N)cc3)c2C1. The van der Waals surface area contributed by atoms with E-state index in [2.05, 4.69) is 37.3 Å². The number of anilines is 1. The lowest BCUT2D eigenvalue weighted by Gasteiger charge is -2.33. The quantitative estimate of drug-likeness (QED) is 0.907. The predicted molar refractivity (Wildman–Crippen MR) is 90.6 cm³/mol. The minimum Gasteiger partial charge on any atom is -0.360 e. The van der Waals surface area contributed by atoms with Crippen LogP contribution in [-0.2, 0) is 12.8 Å². The predicted octanol–water partition coefficient (Wildman–Crippen LogP) is 3.95. The Bertz CT molecular complexity index is 791. The van der Waals surface area contributed by atoms with E-state index in [-0.39, 0.29) is 11.3 Å². The molecule has 0 saturated heterocycles. The van der Waals surface area contributed by atoms with Gasteiger partial charge >= 0.3 is 0 Å². The molecule has 0 bridgehead atoms. The van der Waals surface area contributed by atoms with Crippen molar-refractivity contribution in [2.45, 2.75) is 40.0 Å². The number of carbonyl (C=O) groups is 1. The zero-order valence-corrected chi connectivity index (χ0v) is 14.2. The Balaban J connectivity index is 1.79. The van der Waals surface area contributed by atoms with Gasteiger partial charge in [0.2, 0.25) is 0 Å². The Hall–Kier alpha value is -2.61. The third-order valence-electron chi connectivity index (χ3n) is 4.75. The molecule has 1 heterocycles. The van der Waals surface area contributed by atoms with Gasteiger partial charge in [0.05, 0.1) is 11.6 Å². The summed E-state index contributed by atoms with van der Waals surface area (Å²) < 4.78 is 5.39. The summed E-state index contributed by atoms with van der Waals surface area (Å²) in [4.78, 5) is 12.6. The van der Waals surface area contributed by atoms with Gasteiger partial charge in [-0.25, -0.2) is 0 Å². The van der Waals surface area contributed by atoms with Gasteiger partial charge in [0, 0.05) is 17.7 Å². The van der Waals surface area contributed by atoms with Crippen LogP contribution in [0, 0.1) is 22.7 Å². The first kappa shape index (κ1) is 16.3. The zero-order chi connectivity index (χ0) is 17.3. The molecule has 0 saturated carbocycles. The maximum atomic E-state index is 12.6. The summed E-state index contributed by atoms with van der Waals surface area (Å²) in [5, 5.41) is 15.7. The number of amides is 1. The third-order valence-corrected chi connectivity index (χ3v) is 4.75. The summed E-state index contributed by atoms with van der Waals surface area (Å²) in [6.45, 7) is 6.69. The number of aryl methyl sites for hydroxylation is 1. The van der Waals surface area contributed by atoms with E-state index in [9.17, 15) is 4.79 Å². The first-order valence-electron chi connectivity index (χ1n) is 8.17. The minimum absolute atomic E-state index is 0.190. The van der Waals surface area contributed by atoms with Crippen LogP contribution in [0.15, 0.2) is 28.8 Å². The molecule has 0 radical (unpaired) electrons. The number of hydrogen-bond donors (Lipinski definition) is 1. The van der Waals surface area contributed by atoms with E-state index < -0.39 is 0 Å². The van der Waals surface area contributed by atoms with Crippen molar-refractivity contribution in [1.82, 2.24) is 5.16 Å². The Labute approximate surface area is 141 Å². The highest BCUT2D eigenvalue weighted by molar-refractivity contribution is 6.04. The van der Waals surface area contributed by atoms with E-state index >= 15 is 0 Å². The third kappa shape index (κ3) is 3.18. The lowest BCUT2D eigenvalue weighted by molar-refractivity contribution is 0.101. The van der Waals surface area contributed by atoms with Crippen molar-refractivity contribution in [3.05, 3.63) is 46.8 Å². The van der Waals surface area contributed by atoms with Crippen molar-refractivity contribution >= 4 is 11.6 Å². The van der Waals surface area contributed by atoms with E-state index in [0.29, 0.717) is 22.9 Å². The summed E-state index contributed by atoms with van der Waals surface area (Å²) in [6.07, 6.45) is 2.70. The molecule has 1 N–H and O–H groups in total. The lowest BCUT2D eigenvalue weighted by atomic mass is 9.71. The molecule has 1 amide bonds. The lowest BCUT2D eigenvalue weighted by Crippen LogP contribution is -2.27. The van der Waals surface area contributed by atoms with Crippen LogP contribution >= 0.6 is 0 Å². The second-order valence-corrected chi connectivity index (χ2v) is 7.38. The van der Waals surface area contributed by atoms with Gasteiger partial charge in [0.15, 0.2) is 5.69 Å². The second-order valence-electron chi connectivity index (χ2n) is 7.38. The van der Waals surface area contributed by atoms with Crippen LogP contribution in [0.3, 0.4) is 0 Å². The molecule has 1 aliphatic rings. The summed E-state index contributed by atoms with van der Waals surface area (Å²) in [6, 6.07) is 8.81. The molecule has 3 rings (SSSR count). The second kappa shape index (κ2) is 6.12. The maximum Gasteiger partial charge on any atom is 0.278 e. The van der Waals surface area contributed by atoms with Gasteiger partial charge in [-0.05, 0) is 48.4 Å². The maximum absolute atomic E-state index is 12.6. The van der Waals surface area contributed by atoms with Crippen LogP contribution in [0.25, 0.3) is 0 Å². The first-order valence-corrected chi connectivity index (χ1v) is 8.17. The average Bonchev–Trinajstić information content (AvgIpc) is 2.98. The first-order chi connectivity index (χ1) is 11.4. The highest BCUT2D eigenvalue weighted by Gasteiger charge is 2.34. The number of hydrogen-bond acceptors (Lipinski definition) is 4. The van der Waals surface area contributed by atoms with Crippen molar-refractivity contribution in [2.24, 2.45) is 11.3 Å². The Kier molecular flexibility index (Phi) is 4.15. The number of carbonyl (C=O) groups excluding carboxylic acids is 1. The number of aromatic nitrogens is 1. The van der Waals surface area contributed by atoms with Crippen molar-refractivity contribution in [2.75, 3.05) is 5.32 Å². The molecular formula is C19H21N3O2. The minimum atomic E-state index is -0.265. The average molecular weight is 323 g/mol. The van der Waals surface area contributed by atoms with E-state index in [1.165, 1.54) is 0 Å². The molecular weight excluding hydrogens is 302 g/mol. The fourth-order valence-electron chi connectivity index (χ4n) is 3.14. The molecule has 1 aliphatic carbocycles. The van der Waals surface area contributed by atoms with Crippen molar-refractivity contribution in [3.8, 4) is 6.07 Å². The highest BCUT2D eigenvalue weighted by Crippen LogP contribution is 2.38. The highest BCUT2D eigenvalue weighted by atomic mass is 16.5. The van der Waals surface area contributed by atoms with Gasteiger partial charge in [0.1, 0.15) is 5.76 Å². The van der Waals surface area contributed by atoms with Crippen molar-refractivity contribution in [1.29, 1.82) is 5.26 Å². The normalized spacial score (nSPS) is 17.0. The van der Waals surface area contributed by atoms with Gasteiger partial charge in [-0.3, -0.25) is 4.79 Å². The van der Waals surface area contributed by atoms with Gasteiger partial charge in [-0.15, -0.1) is 0 Å². The monoisotopic (exact) mass is 323 g/mol. The molecule has 5 nitrogen and oxygen atoms in total.